The van der Waals surface area contributed by atoms with E-state index in [-0.39, 0.29) is 5.84 Å². The van der Waals surface area contributed by atoms with Gasteiger partial charge in [0.1, 0.15) is 5.84 Å². The number of hydrogen-bond acceptors (Lipinski definition) is 4. The Kier molecular flexibility index (Phi) is 8.04. The molecule has 5 heteroatoms. The largest absolute Gasteiger partial charge is 0.409 e. The summed E-state index contributed by atoms with van der Waals surface area (Å²) < 4.78 is 0. The molecule has 4 N–H and O–H groups in total. The van der Waals surface area contributed by atoms with E-state index in [1.165, 1.54) is 0 Å². The fourth-order valence-electron chi connectivity index (χ4n) is 1.27. The minimum absolute atomic E-state index is 0.290. The van der Waals surface area contributed by atoms with Crippen molar-refractivity contribution < 1.29 is 5.21 Å². The van der Waals surface area contributed by atoms with Gasteiger partial charge in [-0.1, -0.05) is 19.0 Å². The van der Waals surface area contributed by atoms with Crippen LogP contribution in [0.1, 0.15) is 26.7 Å². The molecule has 0 aliphatic heterocycles. The zero-order valence-electron chi connectivity index (χ0n) is 10.0. The molecule has 0 spiro atoms. The molecule has 0 saturated heterocycles. The van der Waals surface area contributed by atoms with E-state index in [9.17, 15) is 0 Å². The standard InChI is InChI=1S/C10H24N4O/c1-4-9(8-10(11)13-15)12-6-7-14(3)5-2/h9,12,15H,4-8H2,1-3H3,(H2,11,13). The maximum absolute atomic E-state index is 8.46. The van der Waals surface area contributed by atoms with Gasteiger partial charge < -0.3 is 21.2 Å². The van der Waals surface area contributed by atoms with Crippen LogP contribution in [0.25, 0.3) is 0 Å². The predicted molar refractivity (Wildman–Crippen MR) is 63.3 cm³/mol. The van der Waals surface area contributed by atoms with Gasteiger partial charge in [0.15, 0.2) is 0 Å². The number of rotatable bonds is 8. The van der Waals surface area contributed by atoms with Crippen molar-refractivity contribution in [2.45, 2.75) is 32.7 Å². The summed E-state index contributed by atoms with van der Waals surface area (Å²) in [6.45, 7) is 7.23. The van der Waals surface area contributed by atoms with Crippen LogP contribution in [0.15, 0.2) is 5.16 Å². The zero-order valence-corrected chi connectivity index (χ0v) is 10.0. The van der Waals surface area contributed by atoms with Crippen LogP contribution in [0.2, 0.25) is 0 Å². The van der Waals surface area contributed by atoms with E-state index in [0.717, 1.165) is 26.1 Å². The van der Waals surface area contributed by atoms with E-state index in [4.69, 9.17) is 10.9 Å². The monoisotopic (exact) mass is 216 g/mol. The fourth-order valence-corrected chi connectivity index (χ4v) is 1.27. The molecule has 0 bridgehead atoms. The number of amidine groups is 1. The summed E-state index contributed by atoms with van der Waals surface area (Å²) in [6, 6.07) is 0.297. The molecule has 1 unspecified atom stereocenters. The summed E-state index contributed by atoms with van der Waals surface area (Å²) in [6.07, 6.45) is 1.58. The molecule has 0 aliphatic rings. The molecular weight excluding hydrogens is 192 g/mol. The van der Waals surface area contributed by atoms with E-state index in [1.54, 1.807) is 0 Å². The predicted octanol–water partition coefficient (Wildman–Crippen LogP) is 0.443. The van der Waals surface area contributed by atoms with E-state index in [2.05, 4.69) is 36.3 Å². The third kappa shape index (κ3) is 7.16. The molecule has 0 aromatic heterocycles. The summed E-state index contributed by atoms with van der Waals surface area (Å²) in [5, 5.41) is 14.8. The Morgan fingerprint density at radius 2 is 2.20 bits per heavy atom. The lowest BCUT2D eigenvalue weighted by molar-refractivity contribution is 0.313. The van der Waals surface area contributed by atoms with Gasteiger partial charge in [0, 0.05) is 25.6 Å². The van der Waals surface area contributed by atoms with Crippen molar-refractivity contribution >= 4 is 5.84 Å². The first-order chi connectivity index (χ1) is 7.13. The minimum Gasteiger partial charge on any atom is -0.409 e. The Hall–Kier alpha value is -0.810. The van der Waals surface area contributed by atoms with Crippen LogP contribution in [0.4, 0.5) is 0 Å². The van der Waals surface area contributed by atoms with Gasteiger partial charge in [-0.05, 0) is 20.0 Å². The summed E-state index contributed by atoms with van der Waals surface area (Å²) in [5.74, 6) is 0.290. The van der Waals surface area contributed by atoms with Crippen molar-refractivity contribution in [3.63, 3.8) is 0 Å². The highest BCUT2D eigenvalue weighted by molar-refractivity contribution is 5.80. The average molecular weight is 216 g/mol. The highest BCUT2D eigenvalue weighted by atomic mass is 16.4. The van der Waals surface area contributed by atoms with Crippen LogP contribution >= 0.6 is 0 Å². The first kappa shape index (κ1) is 14.2. The summed E-state index contributed by atoms with van der Waals surface area (Å²) >= 11 is 0. The molecular formula is C10H24N4O. The molecule has 0 rings (SSSR count). The first-order valence-electron chi connectivity index (χ1n) is 5.52. The van der Waals surface area contributed by atoms with Crippen LogP contribution in [-0.4, -0.2) is 48.7 Å². The molecule has 1 atom stereocenters. The smallest absolute Gasteiger partial charge is 0.140 e. The second-order valence-electron chi connectivity index (χ2n) is 3.75. The molecule has 0 aliphatic carbocycles. The van der Waals surface area contributed by atoms with Gasteiger partial charge in [-0.25, -0.2) is 0 Å². The number of oxime groups is 1. The lowest BCUT2D eigenvalue weighted by atomic mass is 10.1. The quantitative estimate of drug-likeness (QED) is 0.238. The fraction of sp³-hybridized carbons (Fsp3) is 0.900. The second kappa shape index (κ2) is 8.49. The first-order valence-corrected chi connectivity index (χ1v) is 5.52. The van der Waals surface area contributed by atoms with E-state index in [0.29, 0.717) is 12.5 Å². The second-order valence-corrected chi connectivity index (χ2v) is 3.75. The third-order valence-corrected chi connectivity index (χ3v) is 2.54. The van der Waals surface area contributed by atoms with E-state index in [1.807, 2.05) is 0 Å². The number of hydrogen-bond donors (Lipinski definition) is 3. The number of nitrogens with two attached hydrogens (primary N) is 1. The molecule has 5 nitrogen and oxygen atoms in total. The van der Waals surface area contributed by atoms with Crippen LogP contribution < -0.4 is 11.1 Å². The highest BCUT2D eigenvalue weighted by Crippen LogP contribution is 1.97. The van der Waals surface area contributed by atoms with Crippen molar-refractivity contribution in [3.05, 3.63) is 0 Å². The van der Waals surface area contributed by atoms with E-state index < -0.39 is 0 Å². The third-order valence-electron chi connectivity index (χ3n) is 2.54. The summed E-state index contributed by atoms with van der Waals surface area (Å²) in [4.78, 5) is 2.24. The Morgan fingerprint density at radius 3 is 2.67 bits per heavy atom. The molecule has 0 aromatic rings. The van der Waals surface area contributed by atoms with Crippen LogP contribution in [0, 0.1) is 0 Å². The van der Waals surface area contributed by atoms with E-state index >= 15 is 0 Å². The number of likely N-dealkylation sites (N-methyl/N-ethyl adjacent to an activating group) is 1. The van der Waals surface area contributed by atoms with Crippen molar-refractivity contribution in [1.29, 1.82) is 0 Å². The minimum atomic E-state index is 0.290. The van der Waals surface area contributed by atoms with Gasteiger partial charge in [0.25, 0.3) is 0 Å². The van der Waals surface area contributed by atoms with Crippen molar-refractivity contribution in [2.75, 3.05) is 26.7 Å². The topological polar surface area (TPSA) is 73.9 Å². The molecule has 0 aromatic carbocycles. The number of nitrogens with one attached hydrogen (secondary N) is 1. The van der Waals surface area contributed by atoms with Gasteiger partial charge in [0.05, 0.1) is 0 Å². The Balaban J connectivity index is 3.71. The molecule has 15 heavy (non-hydrogen) atoms. The van der Waals surface area contributed by atoms with Crippen molar-refractivity contribution in [2.24, 2.45) is 10.9 Å². The van der Waals surface area contributed by atoms with Crippen LogP contribution in [0.3, 0.4) is 0 Å². The molecule has 0 fully saturated rings. The Bertz CT molecular complexity index is 184. The number of nitrogens with zero attached hydrogens (tertiary/aromatic N) is 2. The average Bonchev–Trinajstić information content (AvgIpc) is 2.26. The van der Waals surface area contributed by atoms with Gasteiger partial charge in [-0.15, -0.1) is 0 Å². The van der Waals surface area contributed by atoms with Crippen molar-refractivity contribution in [3.8, 4) is 0 Å². The lowest BCUT2D eigenvalue weighted by Crippen LogP contribution is -2.37. The molecule has 0 heterocycles. The Morgan fingerprint density at radius 1 is 1.53 bits per heavy atom. The summed E-state index contributed by atoms with van der Waals surface area (Å²) in [7, 11) is 2.09. The normalized spacial score (nSPS) is 14.5. The summed E-state index contributed by atoms with van der Waals surface area (Å²) in [5.41, 5.74) is 5.46. The van der Waals surface area contributed by atoms with Crippen molar-refractivity contribution in [1.82, 2.24) is 10.2 Å². The molecule has 0 radical (unpaired) electrons. The molecule has 0 amide bonds. The maximum Gasteiger partial charge on any atom is 0.140 e. The van der Waals surface area contributed by atoms with Gasteiger partial charge in [-0.2, -0.15) is 0 Å². The zero-order chi connectivity index (χ0) is 11.7. The SMILES string of the molecule is CCC(CC(N)=NO)NCCN(C)CC. The maximum atomic E-state index is 8.46. The van der Waals surface area contributed by atoms with Crippen LogP contribution in [0.5, 0.6) is 0 Å². The van der Waals surface area contributed by atoms with Gasteiger partial charge in [0.2, 0.25) is 0 Å². The van der Waals surface area contributed by atoms with Crippen LogP contribution in [-0.2, 0) is 0 Å². The molecule has 0 saturated carbocycles. The lowest BCUT2D eigenvalue weighted by Gasteiger charge is -2.19. The Labute approximate surface area is 92.3 Å². The van der Waals surface area contributed by atoms with Gasteiger partial charge in [-0.3, -0.25) is 0 Å². The van der Waals surface area contributed by atoms with Gasteiger partial charge >= 0.3 is 0 Å². The molecule has 90 valence electrons. The highest BCUT2D eigenvalue weighted by Gasteiger charge is 2.07.